The van der Waals surface area contributed by atoms with E-state index >= 15 is 0 Å². The maximum Gasteiger partial charge on any atom is 0.248 e. The summed E-state index contributed by atoms with van der Waals surface area (Å²) < 4.78 is 5.14. The Bertz CT molecular complexity index is 772. The van der Waals surface area contributed by atoms with Crippen molar-refractivity contribution in [2.45, 2.75) is 6.42 Å². The van der Waals surface area contributed by atoms with E-state index in [0.29, 0.717) is 24.2 Å². The monoisotopic (exact) mass is 325 g/mol. The number of methoxy groups -OCH3 is 1. The number of benzene rings is 2. The molecule has 2 aromatic rings. The molecule has 6 nitrogen and oxygen atoms in total. The first-order valence-corrected chi connectivity index (χ1v) is 7.68. The summed E-state index contributed by atoms with van der Waals surface area (Å²) in [5.41, 5.74) is 8.07. The van der Waals surface area contributed by atoms with Crippen molar-refractivity contribution >= 4 is 23.2 Å². The number of fused-ring (bicyclic) bond motifs is 1. The Morgan fingerprint density at radius 2 is 1.96 bits per heavy atom. The minimum absolute atomic E-state index is 0.0845. The van der Waals surface area contributed by atoms with E-state index in [0.717, 1.165) is 17.0 Å². The van der Waals surface area contributed by atoms with E-state index in [4.69, 9.17) is 10.5 Å². The molecule has 6 heteroatoms. The molecule has 2 amide bonds. The minimum Gasteiger partial charge on any atom is -0.497 e. The fraction of sp³-hybridized carbons (Fsp3) is 0.222. The van der Waals surface area contributed by atoms with E-state index in [1.165, 1.54) is 0 Å². The summed E-state index contributed by atoms with van der Waals surface area (Å²) >= 11 is 0. The summed E-state index contributed by atoms with van der Waals surface area (Å²) in [5, 5.41) is 6.13. The quantitative estimate of drug-likeness (QED) is 0.801. The van der Waals surface area contributed by atoms with Gasteiger partial charge < -0.3 is 21.1 Å². The second kappa shape index (κ2) is 6.62. The van der Waals surface area contributed by atoms with Gasteiger partial charge in [0.25, 0.3) is 0 Å². The molecule has 1 atom stereocenters. The van der Waals surface area contributed by atoms with E-state index in [9.17, 15) is 9.59 Å². The zero-order chi connectivity index (χ0) is 17.1. The third kappa shape index (κ3) is 3.32. The van der Waals surface area contributed by atoms with Crippen LogP contribution in [-0.4, -0.2) is 25.5 Å². The predicted octanol–water partition coefficient (Wildman–Crippen LogP) is 2.02. The highest BCUT2D eigenvalue weighted by Crippen LogP contribution is 2.27. The van der Waals surface area contributed by atoms with Gasteiger partial charge in [0.15, 0.2) is 0 Å². The molecule has 0 fully saturated rings. The lowest BCUT2D eigenvalue weighted by Gasteiger charge is -2.13. The van der Waals surface area contributed by atoms with Crippen molar-refractivity contribution in [2.24, 2.45) is 11.7 Å². The van der Waals surface area contributed by atoms with Gasteiger partial charge in [0.2, 0.25) is 11.8 Å². The van der Waals surface area contributed by atoms with Crippen LogP contribution >= 0.6 is 0 Å². The van der Waals surface area contributed by atoms with Crippen molar-refractivity contribution in [3.05, 3.63) is 53.6 Å². The number of hydrogen-bond acceptors (Lipinski definition) is 4. The van der Waals surface area contributed by atoms with Gasteiger partial charge in [-0.05, 0) is 42.3 Å². The van der Waals surface area contributed by atoms with E-state index in [2.05, 4.69) is 10.6 Å². The molecule has 0 radical (unpaired) electrons. The summed E-state index contributed by atoms with van der Waals surface area (Å²) in [6.07, 6.45) is 0.611. The van der Waals surface area contributed by atoms with E-state index < -0.39 is 5.91 Å². The highest BCUT2D eigenvalue weighted by atomic mass is 16.5. The molecule has 1 aliphatic heterocycles. The summed E-state index contributed by atoms with van der Waals surface area (Å²) in [6, 6.07) is 12.7. The molecule has 0 spiro atoms. The number of rotatable bonds is 4. The zero-order valence-corrected chi connectivity index (χ0v) is 13.3. The fourth-order valence-electron chi connectivity index (χ4n) is 2.73. The van der Waals surface area contributed by atoms with Gasteiger partial charge in [-0.2, -0.15) is 0 Å². The number of nitrogens with one attached hydrogen (secondary N) is 2. The molecular weight excluding hydrogens is 306 g/mol. The first-order chi connectivity index (χ1) is 11.6. The maximum absolute atomic E-state index is 12.5. The summed E-state index contributed by atoms with van der Waals surface area (Å²) in [6.45, 7) is 0.515. The molecule has 4 N–H and O–H groups in total. The van der Waals surface area contributed by atoms with E-state index in [-0.39, 0.29) is 11.8 Å². The summed E-state index contributed by atoms with van der Waals surface area (Å²) in [5.74, 6) is -0.0406. The Balaban J connectivity index is 1.76. The maximum atomic E-state index is 12.5. The highest BCUT2D eigenvalue weighted by Gasteiger charge is 2.24. The fourth-order valence-corrected chi connectivity index (χ4v) is 2.73. The standard InChI is InChI=1S/C18H19N3O3/c1-24-14-5-2-11(3-6-14)8-13-10-20-15-7-4-12(17(19)22)9-16(15)21-18(13)23/h2-7,9,13,20H,8,10H2,1H3,(H2,19,22)(H,21,23). The third-order valence-electron chi connectivity index (χ3n) is 4.11. The first-order valence-electron chi connectivity index (χ1n) is 7.68. The topological polar surface area (TPSA) is 93.4 Å². The minimum atomic E-state index is -0.522. The molecule has 0 aromatic heterocycles. The van der Waals surface area contributed by atoms with Crippen molar-refractivity contribution in [1.82, 2.24) is 0 Å². The molecular formula is C18H19N3O3. The number of hydrogen-bond donors (Lipinski definition) is 3. The van der Waals surface area contributed by atoms with Crippen molar-refractivity contribution in [3.63, 3.8) is 0 Å². The lowest BCUT2D eigenvalue weighted by Crippen LogP contribution is -2.27. The van der Waals surface area contributed by atoms with Crippen LogP contribution < -0.4 is 21.1 Å². The first kappa shape index (κ1) is 15.9. The smallest absolute Gasteiger partial charge is 0.248 e. The Morgan fingerprint density at radius 3 is 2.62 bits per heavy atom. The molecule has 0 aliphatic carbocycles. The van der Waals surface area contributed by atoms with Gasteiger partial charge in [-0.3, -0.25) is 9.59 Å². The lowest BCUT2D eigenvalue weighted by molar-refractivity contribution is -0.119. The molecule has 24 heavy (non-hydrogen) atoms. The summed E-state index contributed by atoms with van der Waals surface area (Å²) in [4.78, 5) is 23.8. The van der Waals surface area contributed by atoms with E-state index in [1.54, 1.807) is 25.3 Å². The van der Waals surface area contributed by atoms with Gasteiger partial charge in [-0.15, -0.1) is 0 Å². The molecule has 0 saturated carbocycles. The van der Waals surface area contributed by atoms with Crippen LogP contribution in [-0.2, 0) is 11.2 Å². The number of carbonyl (C=O) groups excluding carboxylic acids is 2. The SMILES string of the molecule is COc1ccc(CC2CNc3ccc(C(N)=O)cc3NC2=O)cc1. The van der Waals surface area contributed by atoms with Gasteiger partial charge in [-0.25, -0.2) is 0 Å². The normalized spacial score (nSPS) is 16.4. The second-order valence-corrected chi connectivity index (χ2v) is 5.74. The van der Waals surface area contributed by atoms with Crippen LogP contribution in [0.1, 0.15) is 15.9 Å². The van der Waals surface area contributed by atoms with Crippen molar-refractivity contribution < 1.29 is 14.3 Å². The van der Waals surface area contributed by atoms with Gasteiger partial charge in [-0.1, -0.05) is 12.1 Å². The number of carbonyl (C=O) groups is 2. The Morgan fingerprint density at radius 1 is 1.21 bits per heavy atom. The third-order valence-corrected chi connectivity index (χ3v) is 4.11. The molecule has 1 aliphatic rings. The Kier molecular flexibility index (Phi) is 4.37. The van der Waals surface area contributed by atoms with Crippen LogP contribution in [0.15, 0.2) is 42.5 Å². The van der Waals surface area contributed by atoms with Crippen LogP contribution in [0.2, 0.25) is 0 Å². The van der Waals surface area contributed by atoms with Crippen LogP contribution in [0.3, 0.4) is 0 Å². The number of nitrogens with two attached hydrogens (primary N) is 1. The molecule has 0 saturated heterocycles. The number of ether oxygens (including phenoxy) is 1. The molecule has 124 valence electrons. The predicted molar refractivity (Wildman–Crippen MR) is 92.3 cm³/mol. The van der Waals surface area contributed by atoms with Gasteiger partial charge in [0, 0.05) is 12.1 Å². The second-order valence-electron chi connectivity index (χ2n) is 5.74. The Hall–Kier alpha value is -3.02. The molecule has 2 aromatic carbocycles. The van der Waals surface area contributed by atoms with Crippen molar-refractivity contribution in [3.8, 4) is 5.75 Å². The van der Waals surface area contributed by atoms with Gasteiger partial charge in [0.1, 0.15) is 5.75 Å². The lowest BCUT2D eigenvalue weighted by atomic mass is 9.98. The van der Waals surface area contributed by atoms with Gasteiger partial charge >= 0.3 is 0 Å². The average Bonchev–Trinajstić information content (AvgIpc) is 2.74. The van der Waals surface area contributed by atoms with E-state index in [1.807, 2.05) is 24.3 Å². The van der Waals surface area contributed by atoms with Crippen LogP contribution in [0, 0.1) is 5.92 Å². The molecule has 1 heterocycles. The number of anilines is 2. The molecule has 0 bridgehead atoms. The van der Waals surface area contributed by atoms with Crippen LogP contribution in [0.25, 0.3) is 0 Å². The molecule has 1 unspecified atom stereocenters. The van der Waals surface area contributed by atoms with Crippen molar-refractivity contribution in [2.75, 3.05) is 24.3 Å². The molecule has 3 rings (SSSR count). The number of amides is 2. The largest absolute Gasteiger partial charge is 0.497 e. The zero-order valence-electron chi connectivity index (χ0n) is 13.3. The highest BCUT2D eigenvalue weighted by molar-refractivity contribution is 6.01. The van der Waals surface area contributed by atoms with Crippen molar-refractivity contribution in [1.29, 1.82) is 0 Å². The number of primary amides is 1. The van der Waals surface area contributed by atoms with Crippen LogP contribution in [0.5, 0.6) is 5.75 Å². The summed E-state index contributed by atoms with van der Waals surface area (Å²) in [7, 11) is 1.62. The average molecular weight is 325 g/mol. The van der Waals surface area contributed by atoms with Crippen LogP contribution in [0.4, 0.5) is 11.4 Å². The Labute approximate surface area is 140 Å². The van der Waals surface area contributed by atoms with Gasteiger partial charge in [0.05, 0.1) is 24.4 Å².